The van der Waals surface area contributed by atoms with Crippen LogP contribution in [-0.2, 0) is 0 Å². The van der Waals surface area contributed by atoms with Crippen molar-refractivity contribution in [2.24, 2.45) is 11.8 Å². The summed E-state index contributed by atoms with van der Waals surface area (Å²) in [7, 11) is 1.68. The summed E-state index contributed by atoms with van der Waals surface area (Å²) in [6.45, 7) is 2.33. The lowest BCUT2D eigenvalue weighted by Gasteiger charge is -2.42. The maximum absolute atomic E-state index is 6.17. The number of anilines is 2. The van der Waals surface area contributed by atoms with Gasteiger partial charge in [-0.15, -0.1) is 0 Å². The molecule has 3 heteroatoms. The highest BCUT2D eigenvalue weighted by molar-refractivity contribution is 5.69. The molecular formula is C16H24N2O. The van der Waals surface area contributed by atoms with Crippen molar-refractivity contribution in [1.82, 2.24) is 0 Å². The van der Waals surface area contributed by atoms with Crippen LogP contribution in [0.25, 0.3) is 0 Å². The standard InChI is InChI=1S/C16H24N2O/c1-19-14-6-7-16(15(17)10-14)18-9-8-12-4-2-3-5-13(12)11-18/h6-7,10,12-13H,2-5,8-9,11,17H2,1H3. The Morgan fingerprint density at radius 1 is 1.16 bits per heavy atom. The van der Waals surface area contributed by atoms with Gasteiger partial charge in [-0.1, -0.05) is 19.3 Å². The van der Waals surface area contributed by atoms with Gasteiger partial charge in [0.1, 0.15) is 5.75 Å². The van der Waals surface area contributed by atoms with Crippen LogP contribution in [0.5, 0.6) is 5.75 Å². The number of ether oxygens (including phenoxy) is 1. The third kappa shape index (κ3) is 2.51. The van der Waals surface area contributed by atoms with Crippen molar-refractivity contribution in [2.45, 2.75) is 32.1 Å². The molecule has 2 aliphatic rings. The largest absolute Gasteiger partial charge is 0.497 e. The van der Waals surface area contributed by atoms with Crippen molar-refractivity contribution < 1.29 is 4.74 Å². The van der Waals surface area contributed by atoms with Gasteiger partial charge in [0.25, 0.3) is 0 Å². The number of methoxy groups -OCH3 is 1. The van der Waals surface area contributed by atoms with Crippen molar-refractivity contribution in [1.29, 1.82) is 0 Å². The molecule has 2 atom stereocenters. The van der Waals surface area contributed by atoms with Gasteiger partial charge in [0.05, 0.1) is 18.5 Å². The maximum atomic E-state index is 6.17. The third-order valence-corrected chi connectivity index (χ3v) is 4.87. The van der Waals surface area contributed by atoms with E-state index in [1.54, 1.807) is 7.11 Å². The van der Waals surface area contributed by atoms with E-state index in [1.807, 2.05) is 12.1 Å². The summed E-state index contributed by atoms with van der Waals surface area (Å²) in [5.41, 5.74) is 8.20. The van der Waals surface area contributed by atoms with Gasteiger partial charge in [-0.3, -0.25) is 0 Å². The Labute approximate surface area is 115 Å². The second-order valence-corrected chi connectivity index (χ2v) is 5.96. The second-order valence-electron chi connectivity index (χ2n) is 5.96. The second kappa shape index (κ2) is 5.32. The van der Waals surface area contributed by atoms with Crippen molar-refractivity contribution >= 4 is 11.4 Å². The Balaban J connectivity index is 1.75. The fraction of sp³-hybridized carbons (Fsp3) is 0.625. The fourth-order valence-electron chi connectivity index (χ4n) is 3.77. The number of nitrogens with zero attached hydrogens (tertiary/aromatic N) is 1. The Morgan fingerprint density at radius 2 is 1.95 bits per heavy atom. The van der Waals surface area contributed by atoms with Crippen LogP contribution in [0.4, 0.5) is 11.4 Å². The Morgan fingerprint density at radius 3 is 2.68 bits per heavy atom. The maximum Gasteiger partial charge on any atom is 0.121 e. The highest BCUT2D eigenvalue weighted by atomic mass is 16.5. The number of piperidine rings is 1. The minimum absolute atomic E-state index is 0.841. The summed E-state index contributed by atoms with van der Waals surface area (Å²) in [6, 6.07) is 6.05. The van der Waals surface area contributed by atoms with Crippen LogP contribution in [0.3, 0.4) is 0 Å². The lowest BCUT2D eigenvalue weighted by Crippen LogP contribution is -2.42. The molecule has 0 radical (unpaired) electrons. The molecule has 0 amide bonds. The van der Waals surface area contributed by atoms with Gasteiger partial charge >= 0.3 is 0 Å². The minimum Gasteiger partial charge on any atom is -0.497 e. The van der Waals surface area contributed by atoms with Gasteiger partial charge in [0.15, 0.2) is 0 Å². The molecule has 1 aromatic rings. The lowest BCUT2D eigenvalue weighted by atomic mass is 9.75. The smallest absolute Gasteiger partial charge is 0.121 e. The first-order valence-electron chi connectivity index (χ1n) is 7.46. The van der Waals surface area contributed by atoms with E-state index in [0.29, 0.717) is 0 Å². The van der Waals surface area contributed by atoms with Crippen molar-refractivity contribution in [2.75, 3.05) is 30.8 Å². The predicted octanol–water partition coefficient (Wildman–Crippen LogP) is 3.29. The van der Waals surface area contributed by atoms with E-state index in [4.69, 9.17) is 10.5 Å². The van der Waals surface area contributed by atoms with Gasteiger partial charge < -0.3 is 15.4 Å². The molecule has 1 aliphatic carbocycles. The molecule has 2 unspecified atom stereocenters. The van der Waals surface area contributed by atoms with E-state index < -0.39 is 0 Å². The molecule has 1 heterocycles. The number of hydrogen-bond donors (Lipinski definition) is 1. The number of hydrogen-bond acceptors (Lipinski definition) is 3. The highest BCUT2D eigenvalue weighted by Gasteiger charge is 2.31. The Hall–Kier alpha value is -1.38. The number of nitrogens with two attached hydrogens (primary N) is 1. The monoisotopic (exact) mass is 260 g/mol. The molecule has 1 saturated carbocycles. The average Bonchev–Trinajstić information content (AvgIpc) is 2.46. The molecule has 1 aliphatic heterocycles. The molecule has 3 rings (SSSR count). The van der Waals surface area contributed by atoms with Crippen molar-refractivity contribution in [3.05, 3.63) is 18.2 Å². The van der Waals surface area contributed by atoms with E-state index in [0.717, 1.165) is 29.8 Å². The van der Waals surface area contributed by atoms with E-state index in [9.17, 15) is 0 Å². The molecule has 0 spiro atoms. The summed E-state index contributed by atoms with van der Waals surface area (Å²) in [5, 5.41) is 0. The molecule has 19 heavy (non-hydrogen) atoms. The molecular weight excluding hydrogens is 236 g/mol. The first kappa shape index (κ1) is 12.6. The van der Waals surface area contributed by atoms with E-state index in [-0.39, 0.29) is 0 Å². The van der Waals surface area contributed by atoms with E-state index >= 15 is 0 Å². The van der Waals surface area contributed by atoms with Crippen LogP contribution in [0, 0.1) is 11.8 Å². The zero-order chi connectivity index (χ0) is 13.2. The normalized spacial score (nSPS) is 26.9. The van der Waals surface area contributed by atoms with Crippen molar-refractivity contribution in [3.8, 4) is 5.75 Å². The predicted molar refractivity (Wildman–Crippen MR) is 79.7 cm³/mol. The van der Waals surface area contributed by atoms with Crippen LogP contribution in [0.1, 0.15) is 32.1 Å². The van der Waals surface area contributed by atoms with E-state index in [1.165, 1.54) is 44.3 Å². The average molecular weight is 260 g/mol. The third-order valence-electron chi connectivity index (χ3n) is 4.87. The molecule has 0 aromatic heterocycles. The summed E-state index contributed by atoms with van der Waals surface area (Å²) >= 11 is 0. The Kier molecular flexibility index (Phi) is 3.54. The molecule has 2 N–H and O–H groups in total. The summed E-state index contributed by atoms with van der Waals surface area (Å²) < 4.78 is 5.22. The fourth-order valence-corrected chi connectivity index (χ4v) is 3.77. The first-order chi connectivity index (χ1) is 9.28. The molecule has 1 saturated heterocycles. The van der Waals surface area contributed by atoms with Gasteiger partial charge in [-0.2, -0.15) is 0 Å². The van der Waals surface area contributed by atoms with Crippen LogP contribution in [0.2, 0.25) is 0 Å². The van der Waals surface area contributed by atoms with Gasteiger partial charge in [0.2, 0.25) is 0 Å². The van der Waals surface area contributed by atoms with Gasteiger partial charge in [-0.25, -0.2) is 0 Å². The van der Waals surface area contributed by atoms with Gasteiger partial charge in [0, 0.05) is 19.2 Å². The molecule has 104 valence electrons. The topological polar surface area (TPSA) is 38.5 Å². The minimum atomic E-state index is 0.841. The number of fused-ring (bicyclic) bond motifs is 1. The zero-order valence-electron chi connectivity index (χ0n) is 11.8. The molecule has 1 aromatic carbocycles. The molecule has 3 nitrogen and oxygen atoms in total. The summed E-state index contributed by atoms with van der Waals surface area (Å²) in [4.78, 5) is 2.47. The van der Waals surface area contributed by atoms with Crippen LogP contribution in [0.15, 0.2) is 18.2 Å². The Bertz CT molecular complexity index is 446. The number of benzene rings is 1. The van der Waals surface area contributed by atoms with Crippen LogP contribution in [-0.4, -0.2) is 20.2 Å². The lowest BCUT2D eigenvalue weighted by molar-refractivity contribution is 0.202. The SMILES string of the molecule is COc1ccc(N2CCC3CCCCC3C2)c(N)c1. The summed E-state index contributed by atoms with van der Waals surface area (Å²) in [6.07, 6.45) is 7.02. The quantitative estimate of drug-likeness (QED) is 0.829. The molecule has 0 bridgehead atoms. The van der Waals surface area contributed by atoms with Crippen LogP contribution < -0.4 is 15.4 Å². The summed E-state index contributed by atoms with van der Waals surface area (Å²) in [5.74, 6) is 2.68. The highest BCUT2D eigenvalue weighted by Crippen LogP contribution is 2.39. The van der Waals surface area contributed by atoms with Gasteiger partial charge in [-0.05, 0) is 36.8 Å². The number of nitrogen functional groups attached to an aromatic ring is 1. The van der Waals surface area contributed by atoms with Crippen molar-refractivity contribution in [3.63, 3.8) is 0 Å². The number of rotatable bonds is 2. The van der Waals surface area contributed by atoms with E-state index in [2.05, 4.69) is 11.0 Å². The van der Waals surface area contributed by atoms with Crippen LogP contribution >= 0.6 is 0 Å². The molecule has 2 fully saturated rings. The zero-order valence-corrected chi connectivity index (χ0v) is 11.8. The first-order valence-corrected chi connectivity index (χ1v) is 7.46.